The topological polar surface area (TPSA) is 83.8 Å². The second kappa shape index (κ2) is 6.00. The van der Waals surface area contributed by atoms with Gasteiger partial charge in [-0.25, -0.2) is 0 Å². The van der Waals surface area contributed by atoms with Crippen molar-refractivity contribution in [2.45, 2.75) is 64.7 Å². The van der Waals surface area contributed by atoms with E-state index in [1.807, 2.05) is 13.8 Å². The van der Waals surface area contributed by atoms with Gasteiger partial charge in [0.15, 0.2) is 17.3 Å². The van der Waals surface area contributed by atoms with E-state index in [1.165, 1.54) is 7.11 Å². The first-order chi connectivity index (χ1) is 12.1. The molecule has 0 bridgehead atoms. The highest BCUT2D eigenvalue weighted by Crippen LogP contribution is 2.61. The third kappa shape index (κ3) is 2.29. The van der Waals surface area contributed by atoms with Crippen LogP contribution >= 0.6 is 0 Å². The summed E-state index contributed by atoms with van der Waals surface area (Å²) in [6.45, 7) is 7.87. The number of rotatable bonds is 3. The largest absolute Gasteiger partial charge is 0.507 e. The monoisotopic (exact) mass is 360 g/mol. The number of hydrogen-bond donors (Lipinski definition) is 2. The molecule has 2 N–H and O–H groups in total. The standard InChI is InChI=1S/C21H28O5/c1-11(2)14-17(24)15-12(23)9-13-20(3,4)7-6-8-21(13,10-22)16(15)18(25)19(14)26-5/h10-11,13,24-25H,6-9H2,1-5H3/t13-,21-/m1/s1. The summed E-state index contributed by atoms with van der Waals surface area (Å²) >= 11 is 0. The fourth-order valence-corrected chi connectivity index (χ4v) is 5.31. The summed E-state index contributed by atoms with van der Waals surface area (Å²) in [5, 5.41) is 22.0. The molecule has 0 aromatic heterocycles. The second-order valence-corrected chi connectivity index (χ2v) is 8.73. The molecule has 3 rings (SSSR count). The Labute approximate surface area is 154 Å². The SMILES string of the molecule is COc1c(O)c2c(c(O)c1C(C)C)C(=O)C[C@@H]1C(C)(C)CCC[C@]21C=O. The molecule has 0 radical (unpaired) electrons. The normalized spacial score (nSPS) is 27.0. The highest BCUT2D eigenvalue weighted by molar-refractivity contribution is 6.05. The van der Waals surface area contributed by atoms with Crippen LogP contribution in [0.15, 0.2) is 0 Å². The molecule has 5 nitrogen and oxygen atoms in total. The first-order valence-electron chi connectivity index (χ1n) is 9.28. The lowest BCUT2D eigenvalue weighted by Crippen LogP contribution is -2.52. The predicted molar refractivity (Wildman–Crippen MR) is 98.2 cm³/mol. The number of ether oxygens (including phenoxy) is 1. The number of fused-ring (bicyclic) bond motifs is 3. The minimum Gasteiger partial charge on any atom is -0.507 e. The first kappa shape index (κ1) is 18.7. The molecule has 0 spiro atoms. The van der Waals surface area contributed by atoms with E-state index in [0.29, 0.717) is 12.0 Å². The zero-order valence-electron chi connectivity index (χ0n) is 16.2. The smallest absolute Gasteiger partial charge is 0.167 e. The highest BCUT2D eigenvalue weighted by atomic mass is 16.5. The van der Waals surface area contributed by atoms with E-state index in [4.69, 9.17) is 4.74 Å². The summed E-state index contributed by atoms with van der Waals surface area (Å²) in [7, 11) is 1.42. The number of phenolic OH excluding ortho intramolecular Hbond substituents is 2. The van der Waals surface area contributed by atoms with Crippen molar-refractivity contribution in [1.82, 2.24) is 0 Å². The van der Waals surface area contributed by atoms with E-state index in [2.05, 4.69) is 13.8 Å². The fraction of sp³-hybridized carbons (Fsp3) is 0.619. The van der Waals surface area contributed by atoms with Gasteiger partial charge in [0.2, 0.25) is 0 Å². The van der Waals surface area contributed by atoms with E-state index in [9.17, 15) is 19.8 Å². The van der Waals surface area contributed by atoms with Crippen molar-refractivity contribution >= 4 is 12.1 Å². The lowest BCUT2D eigenvalue weighted by Gasteiger charge is -2.52. The quantitative estimate of drug-likeness (QED) is 0.627. The molecule has 0 unspecified atom stereocenters. The second-order valence-electron chi connectivity index (χ2n) is 8.73. The van der Waals surface area contributed by atoms with E-state index < -0.39 is 5.41 Å². The molecular formula is C21H28O5. The summed E-state index contributed by atoms with van der Waals surface area (Å²) in [4.78, 5) is 25.4. The van der Waals surface area contributed by atoms with Crippen LogP contribution in [0.4, 0.5) is 0 Å². The molecule has 0 aliphatic heterocycles. The molecule has 1 saturated carbocycles. The van der Waals surface area contributed by atoms with Gasteiger partial charge in [0.05, 0.1) is 18.1 Å². The van der Waals surface area contributed by atoms with E-state index in [0.717, 1.165) is 19.1 Å². The first-order valence-corrected chi connectivity index (χ1v) is 9.28. The number of Topliss-reactive ketones (excluding diaryl/α,β-unsaturated/α-hetero) is 1. The highest BCUT2D eigenvalue weighted by Gasteiger charge is 2.57. The zero-order chi connectivity index (χ0) is 19.4. The Morgan fingerprint density at radius 1 is 1.19 bits per heavy atom. The number of aromatic hydroxyl groups is 2. The molecule has 2 aliphatic rings. The lowest BCUT2D eigenvalue weighted by molar-refractivity contribution is -0.119. The molecule has 2 aliphatic carbocycles. The van der Waals surface area contributed by atoms with Crippen molar-refractivity contribution in [3.63, 3.8) is 0 Å². The Morgan fingerprint density at radius 2 is 1.85 bits per heavy atom. The van der Waals surface area contributed by atoms with Crippen LogP contribution in [0.5, 0.6) is 17.2 Å². The Kier molecular flexibility index (Phi) is 4.32. The van der Waals surface area contributed by atoms with Gasteiger partial charge in [0.1, 0.15) is 12.0 Å². The summed E-state index contributed by atoms with van der Waals surface area (Å²) in [6.07, 6.45) is 3.39. The number of benzene rings is 1. The van der Waals surface area contributed by atoms with Gasteiger partial charge in [-0.15, -0.1) is 0 Å². The Morgan fingerprint density at radius 3 is 2.38 bits per heavy atom. The van der Waals surface area contributed by atoms with Gasteiger partial charge in [-0.1, -0.05) is 34.1 Å². The Balaban J connectivity index is 2.43. The van der Waals surface area contributed by atoms with Crippen LogP contribution in [-0.4, -0.2) is 29.4 Å². The average molecular weight is 360 g/mol. The van der Waals surface area contributed by atoms with Crippen molar-refractivity contribution in [2.75, 3.05) is 7.11 Å². The van der Waals surface area contributed by atoms with Crippen molar-refractivity contribution in [3.8, 4) is 17.2 Å². The summed E-state index contributed by atoms with van der Waals surface area (Å²) < 4.78 is 5.40. The van der Waals surface area contributed by atoms with Gasteiger partial charge in [0.25, 0.3) is 0 Å². The molecule has 1 fully saturated rings. The van der Waals surface area contributed by atoms with Crippen LogP contribution in [0.25, 0.3) is 0 Å². The van der Waals surface area contributed by atoms with Crippen LogP contribution < -0.4 is 4.74 Å². The molecule has 142 valence electrons. The minimum atomic E-state index is -0.977. The van der Waals surface area contributed by atoms with Gasteiger partial charge < -0.3 is 19.7 Å². The third-order valence-corrected chi connectivity index (χ3v) is 6.54. The van der Waals surface area contributed by atoms with Crippen molar-refractivity contribution in [1.29, 1.82) is 0 Å². The molecule has 5 heteroatoms. The molecule has 0 saturated heterocycles. The molecule has 1 aromatic rings. The molecule has 0 amide bonds. The van der Waals surface area contributed by atoms with Gasteiger partial charge in [0, 0.05) is 17.5 Å². The molecule has 0 heterocycles. The minimum absolute atomic E-state index is 0.105. The zero-order valence-corrected chi connectivity index (χ0v) is 16.2. The summed E-state index contributed by atoms with van der Waals surface area (Å²) in [6, 6.07) is 0. The van der Waals surface area contributed by atoms with Crippen LogP contribution in [0.3, 0.4) is 0 Å². The number of aldehydes is 1. The van der Waals surface area contributed by atoms with Crippen LogP contribution in [0, 0.1) is 11.3 Å². The van der Waals surface area contributed by atoms with Crippen molar-refractivity contribution in [3.05, 3.63) is 16.7 Å². The number of phenols is 2. The van der Waals surface area contributed by atoms with Crippen LogP contribution in [-0.2, 0) is 10.2 Å². The number of hydrogen-bond acceptors (Lipinski definition) is 5. The number of methoxy groups -OCH3 is 1. The van der Waals surface area contributed by atoms with Crippen LogP contribution in [0.2, 0.25) is 0 Å². The number of carbonyl (C=O) groups is 2. The number of ketones is 1. The maximum absolute atomic E-state index is 13.0. The van der Waals surface area contributed by atoms with Gasteiger partial charge in [-0.3, -0.25) is 4.79 Å². The lowest BCUT2D eigenvalue weighted by atomic mass is 9.49. The molecular weight excluding hydrogens is 332 g/mol. The Bertz CT molecular complexity index is 777. The molecule has 26 heavy (non-hydrogen) atoms. The third-order valence-electron chi connectivity index (χ3n) is 6.54. The van der Waals surface area contributed by atoms with Gasteiger partial charge in [-0.05, 0) is 30.1 Å². The van der Waals surface area contributed by atoms with Gasteiger partial charge >= 0.3 is 0 Å². The number of carbonyl (C=O) groups excluding carboxylic acids is 2. The summed E-state index contributed by atoms with van der Waals surface area (Å²) in [5.74, 6) is -0.739. The molecule has 1 aromatic carbocycles. The maximum atomic E-state index is 13.0. The maximum Gasteiger partial charge on any atom is 0.167 e. The predicted octanol–water partition coefficient (Wildman–Crippen LogP) is 4.08. The summed E-state index contributed by atoms with van der Waals surface area (Å²) in [5.41, 5.74) is -0.409. The van der Waals surface area contributed by atoms with E-state index >= 15 is 0 Å². The fourth-order valence-electron chi connectivity index (χ4n) is 5.31. The van der Waals surface area contributed by atoms with E-state index in [-0.39, 0.29) is 57.8 Å². The molecule has 2 atom stereocenters. The Hall–Kier alpha value is -2.04. The van der Waals surface area contributed by atoms with Crippen molar-refractivity contribution < 1.29 is 24.5 Å². The van der Waals surface area contributed by atoms with E-state index in [1.54, 1.807) is 0 Å². The van der Waals surface area contributed by atoms with Crippen molar-refractivity contribution in [2.24, 2.45) is 11.3 Å². The van der Waals surface area contributed by atoms with Crippen LogP contribution in [0.1, 0.15) is 80.8 Å². The van der Waals surface area contributed by atoms with Gasteiger partial charge in [-0.2, -0.15) is 0 Å². The average Bonchev–Trinajstić information content (AvgIpc) is 2.57.